The molecule has 2 saturated heterocycles. The normalized spacial score (nSPS) is 24.1. The predicted molar refractivity (Wildman–Crippen MR) is 70.4 cm³/mol. The van der Waals surface area contributed by atoms with Crippen molar-refractivity contribution in [2.45, 2.75) is 25.0 Å². The average Bonchev–Trinajstić information content (AvgIpc) is 2.97. The summed E-state index contributed by atoms with van der Waals surface area (Å²) >= 11 is 0. The van der Waals surface area contributed by atoms with Gasteiger partial charge in [-0.15, -0.1) is 5.10 Å². The Balaban J connectivity index is 1.57. The lowest BCUT2D eigenvalue weighted by molar-refractivity contribution is 0.0690. The van der Waals surface area contributed by atoms with Crippen molar-refractivity contribution in [2.75, 3.05) is 25.4 Å². The Bertz CT molecular complexity index is 631. The van der Waals surface area contributed by atoms with Gasteiger partial charge in [-0.3, -0.25) is 0 Å². The summed E-state index contributed by atoms with van der Waals surface area (Å²) in [6.07, 6.45) is 2.79. The smallest absolute Gasteiger partial charge is 0.358 e. The van der Waals surface area contributed by atoms with Gasteiger partial charge in [-0.25, -0.2) is 17.9 Å². The van der Waals surface area contributed by atoms with Crippen LogP contribution in [0.1, 0.15) is 29.4 Å². The number of hydrogen-bond acceptors (Lipinski definition) is 6. The standard InChI is InChI=1S/C11H16N4O5S/c16-11(17)10-6-15(13-12-10)8-4-14(5-8)21(18,19)7-9-2-1-3-20-9/h6,8-9H,1-5,7H2,(H,16,17). The Labute approximate surface area is 121 Å². The van der Waals surface area contributed by atoms with Crippen molar-refractivity contribution < 1.29 is 23.1 Å². The van der Waals surface area contributed by atoms with Gasteiger partial charge in [-0.05, 0) is 12.8 Å². The molecular formula is C11H16N4O5S. The van der Waals surface area contributed by atoms with Crippen LogP contribution in [-0.4, -0.2) is 70.3 Å². The van der Waals surface area contributed by atoms with Gasteiger partial charge in [0.1, 0.15) is 0 Å². The van der Waals surface area contributed by atoms with Crippen LogP contribution in [0.25, 0.3) is 0 Å². The zero-order valence-electron chi connectivity index (χ0n) is 11.3. The van der Waals surface area contributed by atoms with Crippen molar-refractivity contribution in [1.82, 2.24) is 19.3 Å². The van der Waals surface area contributed by atoms with Crippen LogP contribution in [-0.2, 0) is 14.8 Å². The molecule has 1 N–H and O–H groups in total. The van der Waals surface area contributed by atoms with E-state index in [1.807, 2.05) is 0 Å². The van der Waals surface area contributed by atoms with E-state index in [2.05, 4.69) is 10.3 Å². The van der Waals surface area contributed by atoms with Crippen LogP contribution in [0.2, 0.25) is 0 Å². The van der Waals surface area contributed by atoms with Crippen molar-refractivity contribution in [1.29, 1.82) is 0 Å². The number of carboxylic acids is 1. The van der Waals surface area contributed by atoms with Gasteiger partial charge < -0.3 is 9.84 Å². The first-order valence-corrected chi connectivity index (χ1v) is 8.31. The summed E-state index contributed by atoms with van der Waals surface area (Å²) in [5.41, 5.74) is -0.143. The average molecular weight is 316 g/mol. The minimum atomic E-state index is -3.33. The van der Waals surface area contributed by atoms with E-state index < -0.39 is 16.0 Å². The quantitative estimate of drug-likeness (QED) is 0.767. The zero-order chi connectivity index (χ0) is 15.0. The summed E-state index contributed by atoms with van der Waals surface area (Å²) < 4.78 is 32.5. The summed E-state index contributed by atoms with van der Waals surface area (Å²) in [6, 6.07) is -0.162. The molecule has 0 aromatic carbocycles. The Morgan fingerprint density at radius 3 is 2.81 bits per heavy atom. The molecule has 0 radical (unpaired) electrons. The molecule has 0 bridgehead atoms. The monoisotopic (exact) mass is 316 g/mol. The minimum Gasteiger partial charge on any atom is -0.476 e. The third kappa shape index (κ3) is 2.92. The summed E-state index contributed by atoms with van der Waals surface area (Å²) in [7, 11) is -3.33. The molecule has 0 aliphatic carbocycles. The van der Waals surface area contributed by atoms with Crippen LogP contribution in [0.15, 0.2) is 6.20 Å². The second kappa shape index (κ2) is 5.35. The molecule has 2 aliphatic rings. The Morgan fingerprint density at radius 2 is 2.24 bits per heavy atom. The first kappa shape index (κ1) is 14.4. The molecule has 3 heterocycles. The van der Waals surface area contributed by atoms with Crippen LogP contribution >= 0.6 is 0 Å². The number of aromatic carboxylic acids is 1. The highest BCUT2D eigenvalue weighted by Gasteiger charge is 2.39. The lowest BCUT2D eigenvalue weighted by Gasteiger charge is -2.38. The fourth-order valence-electron chi connectivity index (χ4n) is 2.48. The third-order valence-corrected chi connectivity index (χ3v) is 5.62. The SMILES string of the molecule is O=C(O)c1cn(C2CN(S(=O)(=O)CC3CCCO3)C2)nn1. The first-order chi connectivity index (χ1) is 9.95. The first-order valence-electron chi connectivity index (χ1n) is 6.70. The number of aromatic nitrogens is 3. The number of sulfonamides is 1. The molecule has 0 saturated carbocycles. The van der Waals surface area contributed by atoms with Gasteiger partial charge in [0, 0.05) is 19.7 Å². The third-order valence-electron chi connectivity index (χ3n) is 3.75. The number of nitrogens with zero attached hydrogens (tertiary/aromatic N) is 4. The second-order valence-electron chi connectivity index (χ2n) is 5.27. The molecular weight excluding hydrogens is 300 g/mol. The zero-order valence-corrected chi connectivity index (χ0v) is 12.1. The van der Waals surface area contributed by atoms with E-state index in [0.717, 1.165) is 12.8 Å². The molecule has 1 unspecified atom stereocenters. The number of hydrogen-bond donors (Lipinski definition) is 1. The van der Waals surface area contributed by atoms with Crippen LogP contribution in [0.5, 0.6) is 0 Å². The van der Waals surface area contributed by atoms with E-state index in [0.29, 0.717) is 6.61 Å². The molecule has 21 heavy (non-hydrogen) atoms. The van der Waals surface area contributed by atoms with Crippen molar-refractivity contribution in [2.24, 2.45) is 0 Å². The van der Waals surface area contributed by atoms with Crippen molar-refractivity contribution in [3.05, 3.63) is 11.9 Å². The molecule has 0 amide bonds. The van der Waals surface area contributed by atoms with Crippen LogP contribution < -0.4 is 0 Å². The molecule has 2 aliphatic heterocycles. The molecule has 1 aromatic heterocycles. The largest absolute Gasteiger partial charge is 0.476 e. The lowest BCUT2D eigenvalue weighted by atomic mass is 10.2. The van der Waals surface area contributed by atoms with E-state index >= 15 is 0 Å². The van der Waals surface area contributed by atoms with Crippen LogP contribution in [0.4, 0.5) is 0 Å². The van der Waals surface area contributed by atoms with E-state index in [-0.39, 0.29) is 36.7 Å². The van der Waals surface area contributed by atoms with Crippen molar-refractivity contribution in [3.63, 3.8) is 0 Å². The van der Waals surface area contributed by atoms with E-state index in [4.69, 9.17) is 9.84 Å². The van der Waals surface area contributed by atoms with Crippen molar-refractivity contribution >= 4 is 16.0 Å². The Morgan fingerprint density at radius 1 is 1.48 bits per heavy atom. The molecule has 1 aromatic rings. The molecule has 9 nitrogen and oxygen atoms in total. The fraction of sp³-hybridized carbons (Fsp3) is 0.727. The van der Waals surface area contributed by atoms with Crippen LogP contribution in [0.3, 0.4) is 0 Å². The highest BCUT2D eigenvalue weighted by atomic mass is 32.2. The minimum absolute atomic E-state index is 0.0114. The fourth-order valence-corrected chi connectivity index (χ4v) is 4.22. The van der Waals surface area contributed by atoms with Gasteiger partial charge in [-0.2, -0.15) is 4.31 Å². The van der Waals surface area contributed by atoms with Crippen molar-refractivity contribution in [3.8, 4) is 0 Å². The number of carbonyl (C=O) groups is 1. The van der Waals surface area contributed by atoms with Gasteiger partial charge in [0.2, 0.25) is 10.0 Å². The number of carboxylic acid groups (broad SMARTS) is 1. The van der Waals surface area contributed by atoms with Crippen LogP contribution in [0, 0.1) is 0 Å². The maximum Gasteiger partial charge on any atom is 0.358 e. The molecule has 2 fully saturated rings. The van der Waals surface area contributed by atoms with E-state index in [9.17, 15) is 13.2 Å². The predicted octanol–water partition coefficient (Wildman–Crippen LogP) is -0.658. The molecule has 10 heteroatoms. The summed E-state index contributed by atoms with van der Waals surface area (Å²) in [6.45, 7) is 1.20. The lowest BCUT2D eigenvalue weighted by Crippen LogP contribution is -2.52. The van der Waals surface area contributed by atoms with E-state index in [1.54, 1.807) is 0 Å². The topological polar surface area (TPSA) is 115 Å². The number of rotatable bonds is 5. The highest BCUT2D eigenvalue weighted by molar-refractivity contribution is 7.89. The summed E-state index contributed by atoms with van der Waals surface area (Å²) in [5.74, 6) is -1.14. The Kier molecular flexibility index (Phi) is 3.68. The summed E-state index contributed by atoms with van der Waals surface area (Å²) in [5, 5.41) is 16.0. The van der Waals surface area contributed by atoms with Gasteiger partial charge in [0.25, 0.3) is 0 Å². The molecule has 3 rings (SSSR count). The maximum atomic E-state index is 12.2. The van der Waals surface area contributed by atoms with Gasteiger partial charge in [0.05, 0.1) is 24.1 Å². The highest BCUT2D eigenvalue weighted by Crippen LogP contribution is 2.25. The second-order valence-corrected chi connectivity index (χ2v) is 7.29. The summed E-state index contributed by atoms with van der Waals surface area (Å²) in [4.78, 5) is 10.7. The number of ether oxygens (including phenoxy) is 1. The van der Waals surface area contributed by atoms with Gasteiger partial charge in [-0.1, -0.05) is 5.21 Å². The van der Waals surface area contributed by atoms with Gasteiger partial charge in [0.15, 0.2) is 5.69 Å². The van der Waals surface area contributed by atoms with Gasteiger partial charge >= 0.3 is 5.97 Å². The van der Waals surface area contributed by atoms with E-state index in [1.165, 1.54) is 15.2 Å². The molecule has 1 atom stereocenters. The maximum absolute atomic E-state index is 12.2. The molecule has 116 valence electrons. The Hall–Kier alpha value is -1.52. The molecule has 0 spiro atoms.